The van der Waals surface area contributed by atoms with Crippen LogP contribution in [-0.2, 0) is 53.9 Å². The van der Waals surface area contributed by atoms with Crippen LogP contribution in [0.5, 0.6) is 0 Å². The molecule has 78 heavy (non-hydrogen) atoms. The highest BCUT2D eigenvalue weighted by atomic mass is 16.6. The van der Waals surface area contributed by atoms with Crippen LogP contribution in [0, 0.1) is 28.1 Å². The lowest BCUT2D eigenvalue weighted by Gasteiger charge is -2.29. The summed E-state index contributed by atoms with van der Waals surface area (Å²) in [5.74, 6) is 1.93. The van der Waals surface area contributed by atoms with Crippen LogP contribution < -0.4 is 0 Å². The third-order valence-electron chi connectivity index (χ3n) is 20.8. The molecule has 0 aromatic heterocycles. The van der Waals surface area contributed by atoms with Gasteiger partial charge in [-0.2, -0.15) is 0 Å². The van der Waals surface area contributed by atoms with Crippen LogP contribution in [0.3, 0.4) is 0 Å². The lowest BCUT2D eigenvalue weighted by Crippen LogP contribution is -2.40. The molecule has 1 aromatic rings. The summed E-state index contributed by atoms with van der Waals surface area (Å²) in [6, 6.07) is 10.6. The third kappa shape index (κ3) is 20.6. The number of hydrogen-bond donors (Lipinski definition) is 0. The van der Waals surface area contributed by atoms with E-state index in [1.54, 1.807) is 32.6 Å². The van der Waals surface area contributed by atoms with Gasteiger partial charge in [-0.15, -0.1) is 0 Å². The monoisotopic (exact) mass is 1090 g/mol. The zero-order valence-corrected chi connectivity index (χ0v) is 51.8. The Kier molecular flexibility index (Phi) is 21.7. The van der Waals surface area contributed by atoms with E-state index >= 15 is 0 Å². The van der Waals surface area contributed by atoms with E-state index in [1.165, 1.54) is 95.5 Å². The molecule has 4 unspecified atom stereocenters. The Balaban J connectivity index is 0.000000128. The first-order chi connectivity index (χ1) is 36.9. The lowest BCUT2D eigenvalue weighted by atomic mass is 9.82. The molecule has 9 saturated heterocycles. The van der Waals surface area contributed by atoms with Crippen molar-refractivity contribution in [1.82, 2.24) is 4.90 Å². The molecule has 14 fully saturated rings. The lowest BCUT2D eigenvalue weighted by molar-refractivity contribution is -0.142. The molecule has 4 spiro atoms. The van der Waals surface area contributed by atoms with Crippen molar-refractivity contribution in [1.29, 1.82) is 0 Å². The average Bonchev–Trinajstić information content (AvgIpc) is 4.22. The summed E-state index contributed by atoms with van der Waals surface area (Å²) in [4.78, 5) is 23.5. The smallest absolute Gasteiger partial charge is 0.312 e. The SMILES string of the molecule is C1CCC2(C1)CC2.C1CCC2(CC1)CO2.CC(=O)N1CCC2(CC1)CO2.CC(C)(C)C1(C)CO1.CC(C)C1(C)CO1.CC1(CC2CCCC2)CO1.CC1(CCc2ccccc2)CO1.CCC1(CC)CO1.O=C1OCCC12CC2. The minimum absolute atomic E-state index is 0.0417. The molecular weight excluding hydrogens is 979 g/mol. The average molecular weight is 1090 g/mol. The highest BCUT2D eigenvalue weighted by Gasteiger charge is 2.54. The third-order valence-corrected chi connectivity index (χ3v) is 20.8. The second-order valence-corrected chi connectivity index (χ2v) is 28.9. The van der Waals surface area contributed by atoms with Crippen LogP contribution >= 0.6 is 0 Å². The zero-order valence-electron chi connectivity index (χ0n) is 51.8. The first-order valence-electron chi connectivity index (χ1n) is 31.8. The summed E-state index contributed by atoms with van der Waals surface area (Å²) in [5.41, 5.74) is 4.64. The Morgan fingerprint density at radius 2 is 1.13 bits per heavy atom. The van der Waals surface area contributed by atoms with Crippen LogP contribution in [-0.4, -0.2) is 122 Å². The molecule has 446 valence electrons. The van der Waals surface area contributed by atoms with Crippen molar-refractivity contribution in [3.05, 3.63) is 35.9 Å². The molecule has 11 heteroatoms. The topological polar surface area (TPSA) is 134 Å². The van der Waals surface area contributed by atoms with Crippen LogP contribution in [0.2, 0.25) is 0 Å². The van der Waals surface area contributed by atoms with Crippen LogP contribution in [0.15, 0.2) is 30.3 Å². The van der Waals surface area contributed by atoms with Crippen LogP contribution in [0.1, 0.15) is 243 Å². The van der Waals surface area contributed by atoms with Gasteiger partial charge in [-0.1, -0.05) is 137 Å². The van der Waals surface area contributed by atoms with Crippen molar-refractivity contribution in [2.24, 2.45) is 28.1 Å². The molecule has 0 N–H and O–H groups in total. The molecule has 14 aliphatic rings. The second-order valence-electron chi connectivity index (χ2n) is 28.9. The highest BCUT2D eigenvalue weighted by molar-refractivity contribution is 5.81. The van der Waals surface area contributed by atoms with Gasteiger partial charge in [0.15, 0.2) is 0 Å². The maximum Gasteiger partial charge on any atom is 0.312 e. The zero-order chi connectivity index (χ0) is 56.4. The summed E-state index contributed by atoms with van der Waals surface area (Å²) in [5, 5.41) is 0. The van der Waals surface area contributed by atoms with Crippen LogP contribution in [0.4, 0.5) is 0 Å². The normalized spacial score (nSPS) is 32.4. The van der Waals surface area contributed by atoms with E-state index in [2.05, 4.69) is 106 Å². The Morgan fingerprint density at radius 3 is 1.42 bits per heavy atom. The molecule has 9 heterocycles. The number of hydrogen-bond acceptors (Lipinski definition) is 10. The standard InChI is InChI=1S/C11H14O.C9H16O.C8H13NO2.C7H12O.C7H14O.C7H12.C6H8O2.2C6H12O/c1-11(9-12-11)8-7-10-5-3-2-4-6-10;1-9(7-10-9)6-8-4-2-3-5-8;1-7(10)9-4-2-8(3-5-9)6-11-8;1-2-4-7(5-3-1)6-8-7;1-6(2,3)7(4)5-8-7;1-2-4-7(3-1)5-6-7;7-5-6(1-2-6)3-4-8-5;1-5(2)6(3)4-7-6;1-3-6(4-2)5-7-6/h2-6H,7-9H2,1H3;8H,2-7H2,1H3;2-6H2,1H3;1-6H2;5H2,1-4H3;1-6H2;1-4H2;5H,4H2,1-3H3;3-5H2,1-2H3. The molecule has 1 amide bonds. The van der Waals surface area contributed by atoms with Gasteiger partial charge >= 0.3 is 5.97 Å². The number of epoxide rings is 7. The number of likely N-dealkylation sites (tertiary alicyclic amines) is 1. The first-order valence-corrected chi connectivity index (χ1v) is 31.8. The van der Waals surface area contributed by atoms with Gasteiger partial charge in [0, 0.05) is 20.0 Å². The number of cyclic esters (lactones) is 1. The van der Waals surface area contributed by atoms with E-state index in [0.717, 1.165) is 116 Å². The van der Waals surface area contributed by atoms with Crippen LogP contribution in [0.25, 0.3) is 0 Å². The first kappa shape index (κ1) is 63.5. The Hall–Kier alpha value is -2.12. The predicted octanol–water partition coefficient (Wildman–Crippen LogP) is 14.8. The summed E-state index contributed by atoms with van der Waals surface area (Å²) in [6.07, 6.45) is 33.2. The van der Waals surface area contributed by atoms with Crippen molar-refractivity contribution in [2.45, 2.75) is 283 Å². The largest absolute Gasteiger partial charge is 0.465 e. The number of aryl methyl sites for hydroxylation is 1. The summed E-state index contributed by atoms with van der Waals surface area (Å²) in [6.45, 7) is 35.0. The molecule has 0 bridgehead atoms. The molecule has 5 saturated carbocycles. The number of esters is 1. The van der Waals surface area contributed by atoms with E-state index in [9.17, 15) is 9.59 Å². The van der Waals surface area contributed by atoms with Crippen molar-refractivity contribution in [2.75, 3.05) is 65.9 Å². The van der Waals surface area contributed by atoms with Gasteiger partial charge in [-0.05, 0) is 159 Å². The highest BCUT2D eigenvalue weighted by Crippen LogP contribution is 2.57. The van der Waals surface area contributed by atoms with Gasteiger partial charge in [0.2, 0.25) is 5.91 Å². The van der Waals surface area contributed by atoms with Gasteiger partial charge in [0.05, 0.1) is 97.5 Å². The van der Waals surface area contributed by atoms with Crippen molar-refractivity contribution in [3.63, 3.8) is 0 Å². The second kappa shape index (κ2) is 26.6. The van der Waals surface area contributed by atoms with Crippen molar-refractivity contribution < 1.29 is 47.5 Å². The molecular formula is C67H113NO10. The molecule has 15 rings (SSSR count). The fraction of sp³-hybridized carbons (Fsp3) is 0.881. The van der Waals surface area contributed by atoms with Gasteiger partial charge in [-0.3, -0.25) is 9.59 Å². The number of nitrogens with zero attached hydrogens (tertiary/aromatic N) is 1. The van der Waals surface area contributed by atoms with Gasteiger partial charge < -0.3 is 42.8 Å². The maximum absolute atomic E-state index is 10.9. The maximum atomic E-state index is 10.9. The quantitative estimate of drug-likeness (QED) is 0.183. The van der Waals surface area contributed by atoms with E-state index < -0.39 is 0 Å². The van der Waals surface area contributed by atoms with E-state index in [0.29, 0.717) is 34.7 Å². The summed E-state index contributed by atoms with van der Waals surface area (Å²) in [7, 11) is 0. The molecule has 1 aromatic carbocycles. The molecule has 4 atom stereocenters. The molecule has 9 aliphatic heterocycles. The number of rotatable bonds is 8. The Morgan fingerprint density at radius 1 is 0.615 bits per heavy atom. The number of amides is 1. The predicted molar refractivity (Wildman–Crippen MR) is 312 cm³/mol. The van der Waals surface area contributed by atoms with Crippen molar-refractivity contribution >= 4 is 11.9 Å². The number of benzene rings is 1. The van der Waals surface area contributed by atoms with E-state index in [1.807, 2.05) is 4.90 Å². The Bertz CT molecular complexity index is 1940. The molecule has 5 aliphatic carbocycles. The van der Waals surface area contributed by atoms with E-state index in [-0.39, 0.29) is 39.7 Å². The van der Waals surface area contributed by atoms with Gasteiger partial charge in [0.25, 0.3) is 0 Å². The fourth-order valence-electron chi connectivity index (χ4n) is 11.3. The number of carbonyl (C=O) groups excluding carboxylic acids is 2. The van der Waals surface area contributed by atoms with Gasteiger partial charge in [-0.25, -0.2) is 0 Å². The molecule has 0 radical (unpaired) electrons. The fourth-order valence-corrected chi connectivity index (χ4v) is 11.3. The number of piperidine rings is 1. The summed E-state index contributed by atoms with van der Waals surface area (Å²) < 4.78 is 41.7. The Labute approximate surface area is 475 Å². The molecule has 11 nitrogen and oxygen atoms in total. The van der Waals surface area contributed by atoms with Crippen molar-refractivity contribution in [3.8, 4) is 0 Å². The van der Waals surface area contributed by atoms with Gasteiger partial charge in [0.1, 0.15) is 0 Å². The van der Waals surface area contributed by atoms with E-state index in [4.69, 9.17) is 37.9 Å². The minimum atomic E-state index is 0.0417. The number of ether oxygens (including phenoxy) is 8. The minimum Gasteiger partial charge on any atom is -0.465 e. The summed E-state index contributed by atoms with van der Waals surface area (Å²) >= 11 is 0. The number of carbonyl (C=O) groups is 2.